The standard InChI is InChI=1S/C24H39N3O2/c1-18(2)26-22(15-20-11-7-5-8-12-20)23(28)17-25(27(19(3)4)24(26)29)16-21-13-9-6-10-14-21/h5,7-8,11-12,18-19,21-23,28H,6,9-10,13-17H2,1-4H3/t22-,23-/m0/s1. The van der Waals surface area contributed by atoms with Crippen molar-refractivity contribution in [2.75, 3.05) is 13.1 Å². The van der Waals surface area contributed by atoms with E-state index < -0.39 is 6.10 Å². The topological polar surface area (TPSA) is 47.0 Å². The van der Waals surface area contributed by atoms with E-state index in [0.717, 1.165) is 12.1 Å². The molecule has 1 N–H and O–H groups in total. The average Bonchev–Trinajstić information content (AvgIpc) is 2.77. The number of carbonyl (C=O) groups excluding carboxylic acids is 1. The summed E-state index contributed by atoms with van der Waals surface area (Å²) in [5.74, 6) is 0.614. The van der Waals surface area contributed by atoms with Gasteiger partial charge < -0.3 is 10.0 Å². The van der Waals surface area contributed by atoms with Gasteiger partial charge in [0, 0.05) is 25.2 Å². The van der Waals surface area contributed by atoms with Crippen LogP contribution in [0.2, 0.25) is 0 Å². The minimum Gasteiger partial charge on any atom is -0.390 e. The minimum absolute atomic E-state index is 0.0294. The fraction of sp³-hybridized carbons (Fsp3) is 0.708. The van der Waals surface area contributed by atoms with Gasteiger partial charge in [0.2, 0.25) is 0 Å². The van der Waals surface area contributed by atoms with E-state index in [-0.39, 0.29) is 24.2 Å². The van der Waals surface area contributed by atoms with Crippen molar-refractivity contribution >= 4 is 6.03 Å². The first kappa shape index (κ1) is 22.1. The molecule has 5 nitrogen and oxygen atoms in total. The largest absolute Gasteiger partial charge is 0.390 e. The van der Waals surface area contributed by atoms with E-state index in [0.29, 0.717) is 18.9 Å². The fourth-order valence-corrected chi connectivity index (χ4v) is 5.06. The molecular formula is C24H39N3O2. The molecule has 2 aliphatic rings. The fourth-order valence-electron chi connectivity index (χ4n) is 5.06. The van der Waals surface area contributed by atoms with Crippen LogP contribution in [0.25, 0.3) is 0 Å². The first-order chi connectivity index (χ1) is 13.9. The Hall–Kier alpha value is -1.59. The number of aliphatic hydroxyl groups excluding tert-OH is 1. The number of amides is 2. The number of β-amino-alcohol motifs (C(OH)–C–C–N with tert-alkyl or cyclic N) is 1. The quantitative estimate of drug-likeness (QED) is 0.773. The van der Waals surface area contributed by atoms with Gasteiger partial charge in [0.1, 0.15) is 0 Å². The van der Waals surface area contributed by atoms with Gasteiger partial charge in [0.05, 0.1) is 12.1 Å². The molecule has 29 heavy (non-hydrogen) atoms. The zero-order chi connectivity index (χ0) is 21.0. The van der Waals surface area contributed by atoms with Gasteiger partial charge in [0.15, 0.2) is 0 Å². The van der Waals surface area contributed by atoms with E-state index in [9.17, 15) is 9.90 Å². The molecule has 1 aromatic rings. The number of benzene rings is 1. The van der Waals surface area contributed by atoms with Gasteiger partial charge in [-0.15, -0.1) is 0 Å². The molecule has 0 spiro atoms. The number of carbonyl (C=O) groups is 1. The third-order valence-corrected chi connectivity index (χ3v) is 6.45. The first-order valence-corrected chi connectivity index (χ1v) is 11.5. The molecule has 2 atom stereocenters. The smallest absolute Gasteiger partial charge is 0.335 e. The third-order valence-electron chi connectivity index (χ3n) is 6.45. The van der Waals surface area contributed by atoms with Gasteiger partial charge in [0.25, 0.3) is 0 Å². The Kier molecular flexibility index (Phi) is 7.58. The molecular weight excluding hydrogens is 362 g/mol. The molecule has 1 heterocycles. The molecule has 0 bridgehead atoms. The number of hydrazine groups is 1. The Morgan fingerprint density at radius 3 is 2.24 bits per heavy atom. The Balaban J connectivity index is 1.88. The number of rotatable bonds is 6. The van der Waals surface area contributed by atoms with E-state index >= 15 is 0 Å². The van der Waals surface area contributed by atoms with E-state index in [1.165, 1.54) is 32.1 Å². The Bertz CT molecular complexity index is 643. The highest BCUT2D eigenvalue weighted by Crippen LogP contribution is 2.29. The van der Waals surface area contributed by atoms with Gasteiger partial charge in [-0.05, 0) is 58.4 Å². The Labute approximate surface area is 176 Å². The van der Waals surface area contributed by atoms with Crippen molar-refractivity contribution in [1.82, 2.24) is 14.9 Å². The monoisotopic (exact) mass is 401 g/mol. The summed E-state index contributed by atoms with van der Waals surface area (Å²) in [4.78, 5) is 15.6. The average molecular weight is 402 g/mol. The van der Waals surface area contributed by atoms with E-state index in [2.05, 4.69) is 44.8 Å². The van der Waals surface area contributed by atoms with Crippen molar-refractivity contribution in [3.05, 3.63) is 35.9 Å². The maximum Gasteiger partial charge on any atom is 0.335 e. The van der Waals surface area contributed by atoms with Gasteiger partial charge in [-0.3, -0.25) is 5.01 Å². The van der Waals surface area contributed by atoms with E-state index in [1.54, 1.807) is 0 Å². The van der Waals surface area contributed by atoms with Crippen LogP contribution in [-0.2, 0) is 6.42 Å². The Morgan fingerprint density at radius 2 is 1.66 bits per heavy atom. The first-order valence-electron chi connectivity index (χ1n) is 11.5. The molecule has 2 fully saturated rings. The van der Waals surface area contributed by atoms with Crippen LogP contribution in [0.5, 0.6) is 0 Å². The number of hydrogen-bond acceptors (Lipinski definition) is 3. The van der Waals surface area contributed by atoms with Crippen molar-refractivity contribution in [2.24, 2.45) is 5.92 Å². The highest BCUT2D eigenvalue weighted by molar-refractivity contribution is 5.75. The summed E-state index contributed by atoms with van der Waals surface area (Å²) in [6.45, 7) is 9.64. The maximum absolute atomic E-state index is 13.7. The molecule has 0 aromatic heterocycles. The summed E-state index contributed by atoms with van der Waals surface area (Å²) in [6.07, 6.45) is 6.45. The van der Waals surface area contributed by atoms with Crippen LogP contribution in [0, 0.1) is 5.92 Å². The number of aliphatic hydroxyl groups is 1. The molecule has 2 amide bonds. The molecule has 1 saturated carbocycles. The third kappa shape index (κ3) is 5.32. The predicted octanol–water partition coefficient (Wildman–Crippen LogP) is 4.31. The second-order valence-corrected chi connectivity index (χ2v) is 9.42. The zero-order valence-corrected chi connectivity index (χ0v) is 18.6. The van der Waals surface area contributed by atoms with Gasteiger partial charge >= 0.3 is 6.03 Å². The lowest BCUT2D eigenvalue weighted by molar-refractivity contribution is -0.0411. The Morgan fingerprint density at radius 1 is 1.00 bits per heavy atom. The van der Waals surface area contributed by atoms with Crippen molar-refractivity contribution < 1.29 is 9.90 Å². The lowest BCUT2D eigenvalue weighted by Gasteiger charge is -2.41. The van der Waals surface area contributed by atoms with Gasteiger partial charge in [-0.1, -0.05) is 49.6 Å². The summed E-state index contributed by atoms with van der Waals surface area (Å²) in [5, 5.41) is 15.4. The lowest BCUT2D eigenvalue weighted by Crippen LogP contribution is -2.56. The molecule has 162 valence electrons. The molecule has 1 saturated heterocycles. The second-order valence-electron chi connectivity index (χ2n) is 9.42. The summed E-state index contributed by atoms with van der Waals surface area (Å²) in [7, 11) is 0. The summed E-state index contributed by atoms with van der Waals surface area (Å²) < 4.78 is 0. The van der Waals surface area contributed by atoms with Crippen molar-refractivity contribution in [1.29, 1.82) is 0 Å². The number of urea groups is 1. The van der Waals surface area contributed by atoms with Gasteiger partial charge in [-0.2, -0.15) is 0 Å². The van der Waals surface area contributed by atoms with Crippen LogP contribution >= 0.6 is 0 Å². The van der Waals surface area contributed by atoms with Crippen LogP contribution in [0.3, 0.4) is 0 Å². The van der Waals surface area contributed by atoms with E-state index in [4.69, 9.17) is 0 Å². The summed E-state index contributed by atoms with van der Waals surface area (Å²) in [5.41, 5.74) is 1.16. The number of hydrogen-bond donors (Lipinski definition) is 1. The molecule has 3 rings (SSSR count). The SMILES string of the molecule is CC(C)N1C(=O)N(C(C)C)N(CC2CCCCC2)C[C@H](O)[C@@H]1Cc1ccccc1. The second kappa shape index (κ2) is 9.94. The zero-order valence-electron chi connectivity index (χ0n) is 18.6. The van der Waals surface area contributed by atoms with E-state index in [1.807, 2.05) is 28.1 Å². The van der Waals surface area contributed by atoms with Crippen molar-refractivity contribution in [3.63, 3.8) is 0 Å². The normalized spacial score (nSPS) is 25.1. The molecule has 1 aliphatic heterocycles. The van der Waals surface area contributed by atoms with Gasteiger partial charge in [-0.25, -0.2) is 9.80 Å². The highest BCUT2D eigenvalue weighted by Gasteiger charge is 2.42. The number of nitrogens with zero attached hydrogens (tertiary/aromatic N) is 3. The van der Waals surface area contributed by atoms with Crippen LogP contribution < -0.4 is 0 Å². The molecule has 1 aliphatic carbocycles. The predicted molar refractivity (Wildman–Crippen MR) is 117 cm³/mol. The van der Waals surface area contributed by atoms with Crippen LogP contribution in [0.4, 0.5) is 4.79 Å². The lowest BCUT2D eigenvalue weighted by atomic mass is 9.89. The minimum atomic E-state index is -0.575. The summed E-state index contributed by atoms with van der Waals surface area (Å²) >= 11 is 0. The highest BCUT2D eigenvalue weighted by atomic mass is 16.3. The maximum atomic E-state index is 13.7. The molecule has 1 aromatic carbocycles. The molecule has 0 unspecified atom stereocenters. The van der Waals surface area contributed by atoms with Crippen molar-refractivity contribution in [3.8, 4) is 0 Å². The molecule has 5 heteroatoms. The van der Waals surface area contributed by atoms with Crippen LogP contribution in [0.1, 0.15) is 65.4 Å². The van der Waals surface area contributed by atoms with Crippen LogP contribution in [0.15, 0.2) is 30.3 Å². The van der Waals surface area contributed by atoms with Crippen molar-refractivity contribution in [2.45, 2.75) is 90.4 Å². The summed E-state index contributed by atoms with van der Waals surface area (Å²) in [6, 6.07) is 10.1. The molecule has 0 radical (unpaired) electrons. The van der Waals surface area contributed by atoms with Crippen LogP contribution in [-0.4, -0.2) is 63.4 Å².